The van der Waals surface area contributed by atoms with Gasteiger partial charge in [0.15, 0.2) is 9.84 Å². The lowest BCUT2D eigenvalue weighted by Crippen LogP contribution is -2.43. The van der Waals surface area contributed by atoms with E-state index < -0.39 is 9.84 Å². The third-order valence-electron chi connectivity index (χ3n) is 4.05. The van der Waals surface area contributed by atoms with Crippen molar-refractivity contribution in [3.8, 4) is 16.9 Å². The zero-order chi connectivity index (χ0) is 17.2. The van der Waals surface area contributed by atoms with Crippen LogP contribution in [0.4, 0.5) is 0 Å². The molecule has 1 aromatic heterocycles. The Kier molecular flexibility index (Phi) is 4.53. The van der Waals surface area contributed by atoms with Crippen molar-refractivity contribution in [1.82, 2.24) is 9.88 Å². The molecule has 0 unspecified atom stereocenters. The van der Waals surface area contributed by atoms with Crippen LogP contribution in [0.5, 0.6) is 5.75 Å². The SMILES string of the molecule is COc1cncc(-c2ccc(C(=O)N3CCS(=O)(=O)CC3)cc2)c1. The van der Waals surface area contributed by atoms with Crippen LogP contribution < -0.4 is 4.74 Å². The first kappa shape index (κ1) is 16.4. The van der Waals surface area contributed by atoms with Crippen molar-refractivity contribution >= 4 is 15.7 Å². The van der Waals surface area contributed by atoms with Crippen molar-refractivity contribution in [3.05, 3.63) is 48.3 Å². The van der Waals surface area contributed by atoms with Crippen molar-refractivity contribution in [2.45, 2.75) is 0 Å². The fourth-order valence-electron chi connectivity index (χ4n) is 2.59. The van der Waals surface area contributed by atoms with Gasteiger partial charge in [0.25, 0.3) is 5.91 Å². The van der Waals surface area contributed by atoms with E-state index in [1.165, 1.54) is 0 Å². The average Bonchev–Trinajstić information content (AvgIpc) is 2.61. The molecular weight excluding hydrogens is 328 g/mol. The molecule has 1 saturated heterocycles. The van der Waals surface area contributed by atoms with Gasteiger partial charge < -0.3 is 9.64 Å². The number of benzene rings is 1. The molecule has 2 heterocycles. The van der Waals surface area contributed by atoms with Crippen molar-refractivity contribution in [2.75, 3.05) is 31.7 Å². The Hall–Kier alpha value is -2.41. The molecule has 2 aromatic rings. The molecule has 0 aliphatic carbocycles. The Morgan fingerprint density at radius 1 is 1.08 bits per heavy atom. The fraction of sp³-hybridized carbons (Fsp3) is 0.294. The largest absolute Gasteiger partial charge is 0.495 e. The normalized spacial score (nSPS) is 16.6. The Morgan fingerprint density at radius 3 is 2.38 bits per heavy atom. The molecule has 0 atom stereocenters. The Labute approximate surface area is 141 Å². The molecule has 0 spiro atoms. The summed E-state index contributed by atoms with van der Waals surface area (Å²) in [6.45, 7) is 0.505. The zero-order valence-electron chi connectivity index (χ0n) is 13.3. The predicted molar refractivity (Wildman–Crippen MR) is 90.8 cm³/mol. The number of carbonyl (C=O) groups excluding carboxylic acids is 1. The summed E-state index contributed by atoms with van der Waals surface area (Å²) in [5.74, 6) is 0.598. The van der Waals surface area contributed by atoms with E-state index in [2.05, 4.69) is 4.98 Å². The molecule has 1 aromatic carbocycles. The Bertz CT molecular complexity index is 833. The highest BCUT2D eigenvalue weighted by atomic mass is 32.2. The summed E-state index contributed by atoms with van der Waals surface area (Å²) in [4.78, 5) is 18.2. The van der Waals surface area contributed by atoms with Gasteiger partial charge in [0.1, 0.15) is 5.75 Å². The quantitative estimate of drug-likeness (QED) is 0.844. The van der Waals surface area contributed by atoms with Gasteiger partial charge in [-0.15, -0.1) is 0 Å². The summed E-state index contributed by atoms with van der Waals surface area (Å²) in [6.07, 6.45) is 3.36. The minimum Gasteiger partial charge on any atom is -0.495 e. The number of rotatable bonds is 3. The standard InChI is InChI=1S/C17H18N2O4S/c1-23-16-10-15(11-18-12-16)13-2-4-14(5-3-13)17(20)19-6-8-24(21,22)9-7-19/h2-5,10-12H,6-9H2,1H3. The molecular formula is C17H18N2O4S. The molecule has 1 fully saturated rings. The topological polar surface area (TPSA) is 76.6 Å². The summed E-state index contributed by atoms with van der Waals surface area (Å²) < 4.78 is 28.1. The average molecular weight is 346 g/mol. The molecule has 7 heteroatoms. The van der Waals surface area contributed by atoms with Crippen LogP contribution in [0.3, 0.4) is 0 Å². The van der Waals surface area contributed by atoms with E-state index >= 15 is 0 Å². The third kappa shape index (κ3) is 3.56. The molecule has 126 valence electrons. The lowest BCUT2D eigenvalue weighted by Gasteiger charge is -2.26. The second kappa shape index (κ2) is 6.60. The lowest BCUT2D eigenvalue weighted by molar-refractivity contribution is 0.0770. The maximum Gasteiger partial charge on any atom is 0.253 e. The summed E-state index contributed by atoms with van der Waals surface area (Å²) in [5, 5.41) is 0. The van der Waals surface area contributed by atoms with Crippen molar-refractivity contribution in [2.24, 2.45) is 0 Å². The number of hydrogen-bond acceptors (Lipinski definition) is 5. The van der Waals surface area contributed by atoms with E-state index in [9.17, 15) is 13.2 Å². The van der Waals surface area contributed by atoms with Crippen molar-refractivity contribution in [3.63, 3.8) is 0 Å². The molecule has 0 bridgehead atoms. The molecule has 1 aliphatic heterocycles. The maximum absolute atomic E-state index is 12.5. The van der Waals surface area contributed by atoms with Gasteiger partial charge in [-0.1, -0.05) is 12.1 Å². The third-order valence-corrected chi connectivity index (χ3v) is 5.65. The summed E-state index contributed by atoms with van der Waals surface area (Å²) in [7, 11) is -1.41. The molecule has 0 N–H and O–H groups in total. The van der Waals surface area contributed by atoms with Crippen LogP contribution in [0, 0.1) is 0 Å². The maximum atomic E-state index is 12.5. The van der Waals surface area contributed by atoms with Crippen LogP contribution in [-0.4, -0.2) is 55.9 Å². The Morgan fingerprint density at radius 2 is 1.75 bits per heavy atom. The first-order valence-corrected chi connectivity index (χ1v) is 9.40. The number of nitrogens with zero attached hydrogens (tertiary/aromatic N) is 2. The van der Waals surface area contributed by atoms with Crippen LogP contribution in [0.1, 0.15) is 10.4 Å². The van der Waals surface area contributed by atoms with Gasteiger partial charge >= 0.3 is 0 Å². The van der Waals surface area contributed by atoms with E-state index in [4.69, 9.17) is 4.74 Å². The predicted octanol–water partition coefficient (Wildman–Crippen LogP) is 1.63. The van der Waals surface area contributed by atoms with Gasteiger partial charge in [-0.05, 0) is 23.8 Å². The van der Waals surface area contributed by atoms with Gasteiger partial charge in [0.05, 0.1) is 24.8 Å². The number of hydrogen-bond donors (Lipinski definition) is 0. The summed E-state index contributed by atoms with van der Waals surface area (Å²) in [6, 6.07) is 9.08. The molecule has 6 nitrogen and oxygen atoms in total. The van der Waals surface area contributed by atoms with Crippen LogP contribution in [0.25, 0.3) is 11.1 Å². The molecule has 0 saturated carbocycles. The molecule has 0 radical (unpaired) electrons. The lowest BCUT2D eigenvalue weighted by atomic mass is 10.0. The zero-order valence-corrected chi connectivity index (χ0v) is 14.1. The highest BCUT2D eigenvalue weighted by Crippen LogP contribution is 2.23. The molecule has 3 rings (SSSR count). The fourth-order valence-corrected chi connectivity index (χ4v) is 3.79. The van der Waals surface area contributed by atoms with E-state index in [0.717, 1.165) is 11.1 Å². The minimum atomic E-state index is -2.99. The number of aromatic nitrogens is 1. The molecule has 24 heavy (non-hydrogen) atoms. The molecule has 1 amide bonds. The first-order valence-electron chi connectivity index (χ1n) is 7.58. The monoisotopic (exact) mass is 346 g/mol. The second-order valence-electron chi connectivity index (χ2n) is 5.63. The number of amides is 1. The number of sulfone groups is 1. The van der Waals surface area contributed by atoms with Gasteiger partial charge in [-0.25, -0.2) is 8.42 Å². The second-order valence-corrected chi connectivity index (χ2v) is 7.94. The van der Waals surface area contributed by atoms with E-state index in [1.807, 2.05) is 18.2 Å². The van der Waals surface area contributed by atoms with Gasteiger partial charge in [-0.2, -0.15) is 0 Å². The summed E-state index contributed by atoms with van der Waals surface area (Å²) >= 11 is 0. The van der Waals surface area contributed by atoms with Gasteiger partial charge in [-0.3, -0.25) is 9.78 Å². The highest BCUT2D eigenvalue weighted by molar-refractivity contribution is 7.91. The summed E-state index contributed by atoms with van der Waals surface area (Å²) in [5.41, 5.74) is 2.38. The van der Waals surface area contributed by atoms with Crippen LogP contribution in [0.2, 0.25) is 0 Å². The van der Waals surface area contributed by atoms with E-state index in [-0.39, 0.29) is 30.5 Å². The van der Waals surface area contributed by atoms with Crippen LogP contribution in [-0.2, 0) is 9.84 Å². The smallest absolute Gasteiger partial charge is 0.253 e. The van der Waals surface area contributed by atoms with Crippen molar-refractivity contribution in [1.29, 1.82) is 0 Å². The number of ether oxygens (including phenoxy) is 1. The highest BCUT2D eigenvalue weighted by Gasteiger charge is 2.25. The van der Waals surface area contributed by atoms with Crippen molar-refractivity contribution < 1.29 is 17.9 Å². The van der Waals surface area contributed by atoms with E-state index in [0.29, 0.717) is 11.3 Å². The van der Waals surface area contributed by atoms with Crippen LogP contribution >= 0.6 is 0 Å². The minimum absolute atomic E-state index is 0.0340. The Balaban J connectivity index is 1.75. The first-order chi connectivity index (χ1) is 11.5. The van der Waals surface area contributed by atoms with Crippen LogP contribution in [0.15, 0.2) is 42.7 Å². The number of pyridine rings is 1. The van der Waals surface area contributed by atoms with E-state index in [1.54, 1.807) is 36.5 Å². The van der Waals surface area contributed by atoms with Gasteiger partial charge in [0, 0.05) is 30.4 Å². The number of methoxy groups -OCH3 is 1. The number of carbonyl (C=O) groups is 1. The molecule has 1 aliphatic rings. The van der Waals surface area contributed by atoms with Gasteiger partial charge in [0.2, 0.25) is 0 Å².